The van der Waals surface area contributed by atoms with Gasteiger partial charge in [0.05, 0.1) is 24.5 Å². The van der Waals surface area contributed by atoms with Crippen LogP contribution in [0.2, 0.25) is 0 Å². The summed E-state index contributed by atoms with van der Waals surface area (Å²) in [4.78, 5) is 32.1. The summed E-state index contributed by atoms with van der Waals surface area (Å²) >= 11 is 0. The third-order valence-electron chi connectivity index (χ3n) is 6.99. The normalized spacial score (nSPS) is 17.5. The number of nitrogens with zero attached hydrogens (tertiary/aromatic N) is 4. The zero-order chi connectivity index (χ0) is 24.9. The van der Waals surface area contributed by atoms with E-state index in [0.717, 1.165) is 48.4 Å². The maximum Gasteiger partial charge on any atom is 0.223 e. The van der Waals surface area contributed by atoms with Crippen molar-refractivity contribution in [2.75, 3.05) is 37.5 Å². The van der Waals surface area contributed by atoms with Crippen molar-refractivity contribution in [2.45, 2.75) is 44.6 Å². The van der Waals surface area contributed by atoms with Gasteiger partial charge in [-0.2, -0.15) is 5.26 Å². The van der Waals surface area contributed by atoms with Crippen LogP contribution in [0.3, 0.4) is 0 Å². The van der Waals surface area contributed by atoms with Crippen LogP contribution in [0, 0.1) is 11.3 Å². The third-order valence-corrected chi connectivity index (χ3v) is 6.99. The smallest absolute Gasteiger partial charge is 0.223 e. The number of fused-ring (bicyclic) bond motifs is 1. The van der Waals surface area contributed by atoms with Gasteiger partial charge in [0.25, 0.3) is 0 Å². The molecule has 0 spiro atoms. The lowest BCUT2D eigenvalue weighted by Gasteiger charge is -2.30. The average Bonchev–Trinajstić information content (AvgIpc) is 3.04. The van der Waals surface area contributed by atoms with Crippen molar-refractivity contribution in [3.8, 4) is 11.8 Å². The molecule has 1 atom stereocenters. The minimum atomic E-state index is -0.307. The number of allylic oxidation sites excluding steroid dienone is 1. The van der Waals surface area contributed by atoms with Crippen LogP contribution in [0.4, 0.5) is 11.4 Å². The van der Waals surface area contributed by atoms with Crippen molar-refractivity contribution in [3.05, 3.63) is 65.5 Å². The van der Waals surface area contributed by atoms with Crippen LogP contribution in [-0.2, 0) is 9.59 Å². The van der Waals surface area contributed by atoms with Gasteiger partial charge in [0.2, 0.25) is 5.91 Å². The summed E-state index contributed by atoms with van der Waals surface area (Å²) in [6.45, 7) is 0.677. The van der Waals surface area contributed by atoms with Gasteiger partial charge < -0.3 is 19.4 Å². The van der Waals surface area contributed by atoms with Crippen LogP contribution in [0.1, 0.15) is 50.1 Å². The fourth-order valence-electron chi connectivity index (χ4n) is 5.13. The molecule has 0 N–H and O–H groups in total. The van der Waals surface area contributed by atoms with E-state index in [4.69, 9.17) is 4.74 Å². The molecular weight excluding hydrogens is 440 g/mol. The van der Waals surface area contributed by atoms with Crippen molar-refractivity contribution in [2.24, 2.45) is 0 Å². The Bertz CT molecular complexity index is 1130. The maximum atomic E-state index is 13.3. The Balaban J connectivity index is 1.49. The molecule has 1 amide bonds. The molecule has 0 aliphatic carbocycles. The fraction of sp³-hybridized carbons (Fsp3) is 0.393. The Kier molecular flexibility index (Phi) is 7.40. The number of rotatable bonds is 6. The van der Waals surface area contributed by atoms with Gasteiger partial charge >= 0.3 is 0 Å². The van der Waals surface area contributed by atoms with E-state index >= 15 is 0 Å². The Morgan fingerprint density at radius 1 is 0.971 bits per heavy atom. The number of para-hydroxylation sites is 2. The number of hydrogen-bond donors (Lipinski definition) is 0. The number of ether oxygens (including phenoxy) is 1. The van der Waals surface area contributed by atoms with Crippen molar-refractivity contribution >= 4 is 23.1 Å². The quantitative estimate of drug-likeness (QED) is 0.444. The van der Waals surface area contributed by atoms with E-state index in [-0.39, 0.29) is 36.1 Å². The number of anilines is 2. The number of benzene rings is 2. The summed E-state index contributed by atoms with van der Waals surface area (Å²) < 4.78 is 5.28. The second-order valence-electron chi connectivity index (χ2n) is 9.07. The number of likely N-dealkylation sites (tertiary alicyclic amines) is 1. The lowest BCUT2D eigenvalue weighted by molar-refractivity contribution is -0.135. The molecule has 2 heterocycles. The second-order valence-corrected chi connectivity index (χ2v) is 9.07. The molecule has 35 heavy (non-hydrogen) atoms. The van der Waals surface area contributed by atoms with Gasteiger partial charge in [-0.3, -0.25) is 9.59 Å². The van der Waals surface area contributed by atoms with E-state index in [1.165, 1.54) is 0 Å². The first-order valence-corrected chi connectivity index (χ1v) is 12.1. The van der Waals surface area contributed by atoms with Crippen molar-refractivity contribution in [1.82, 2.24) is 4.90 Å². The van der Waals surface area contributed by atoms with Crippen LogP contribution in [0.15, 0.2) is 59.9 Å². The first-order chi connectivity index (χ1) is 17.0. The van der Waals surface area contributed by atoms with Gasteiger partial charge in [-0.1, -0.05) is 37.1 Å². The molecule has 2 aromatic carbocycles. The van der Waals surface area contributed by atoms with Crippen molar-refractivity contribution < 1.29 is 14.3 Å². The lowest BCUT2D eigenvalue weighted by Crippen LogP contribution is -2.35. The fourth-order valence-corrected chi connectivity index (χ4v) is 5.13. The van der Waals surface area contributed by atoms with E-state index in [0.29, 0.717) is 12.4 Å². The number of Topliss-reactive ketones (excluding diaryl/α,β-unsaturated/α-hetero) is 1. The number of hydrogen-bond acceptors (Lipinski definition) is 6. The lowest BCUT2D eigenvalue weighted by atomic mass is 9.99. The Hall–Kier alpha value is -3.79. The molecule has 2 aliphatic heterocycles. The van der Waals surface area contributed by atoms with Crippen LogP contribution in [-0.4, -0.2) is 44.3 Å². The van der Waals surface area contributed by atoms with E-state index in [2.05, 4.69) is 6.07 Å². The van der Waals surface area contributed by atoms with Gasteiger partial charge in [-0.15, -0.1) is 0 Å². The second kappa shape index (κ2) is 10.6. The van der Waals surface area contributed by atoms with Gasteiger partial charge in [0.1, 0.15) is 23.2 Å². The molecule has 182 valence electrons. The highest BCUT2D eigenvalue weighted by Gasteiger charge is 2.32. The molecule has 7 nitrogen and oxygen atoms in total. The highest BCUT2D eigenvalue weighted by molar-refractivity contribution is 6.03. The molecule has 7 heteroatoms. The molecule has 4 rings (SSSR count). The number of amides is 1. The summed E-state index contributed by atoms with van der Waals surface area (Å²) in [5.74, 6) is 0.988. The molecule has 0 radical (unpaired) electrons. The predicted molar refractivity (Wildman–Crippen MR) is 136 cm³/mol. The number of nitriles is 1. The molecule has 0 bridgehead atoms. The van der Waals surface area contributed by atoms with Gasteiger partial charge in [0.15, 0.2) is 5.78 Å². The first-order valence-electron chi connectivity index (χ1n) is 12.1. The third kappa shape index (κ3) is 4.88. The Morgan fingerprint density at radius 2 is 1.63 bits per heavy atom. The average molecular weight is 473 g/mol. The molecule has 0 saturated carbocycles. The molecule has 2 aliphatic rings. The minimum absolute atomic E-state index is 0.00901. The molecule has 1 unspecified atom stereocenters. The number of methoxy groups -OCH3 is 1. The van der Waals surface area contributed by atoms with Gasteiger partial charge in [0, 0.05) is 33.5 Å². The Morgan fingerprint density at radius 3 is 2.23 bits per heavy atom. The SMILES string of the molecule is COc1ccc(C2CCCCCN2C(=O)CCC(=O)C(C#N)=C2N(C)c3ccccc3N2C)cc1. The summed E-state index contributed by atoms with van der Waals surface area (Å²) in [6, 6.07) is 17.7. The monoisotopic (exact) mass is 472 g/mol. The topological polar surface area (TPSA) is 76.9 Å². The highest BCUT2D eigenvalue weighted by Crippen LogP contribution is 2.40. The summed E-state index contributed by atoms with van der Waals surface area (Å²) in [6.07, 6.45) is 4.09. The minimum Gasteiger partial charge on any atom is -0.497 e. The van der Waals surface area contributed by atoms with Crippen LogP contribution < -0.4 is 14.5 Å². The van der Waals surface area contributed by atoms with Crippen LogP contribution in [0.25, 0.3) is 0 Å². The number of ketones is 1. The molecule has 1 saturated heterocycles. The molecule has 0 aromatic heterocycles. The predicted octanol–water partition coefficient (Wildman–Crippen LogP) is 4.81. The zero-order valence-electron chi connectivity index (χ0n) is 20.7. The largest absolute Gasteiger partial charge is 0.497 e. The van der Waals surface area contributed by atoms with E-state index < -0.39 is 0 Å². The Labute approximate surface area is 207 Å². The highest BCUT2D eigenvalue weighted by atomic mass is 16.5. The van der Waals surface area contributed by atoms with Gasteiger partial charge in [-0.25, -0.2) is 0 Å². The van der Waals surface area contributed by atoms with E-state index in [1.807, 2.05) is 77.3 Å². The molecular formula is C28H32N4O3. The van der Waals surface area contributed by atoms with Crippen LogP contribution in [0.5, 0.6) is 5.75 Å². The first kappa shape index (κ1) is 24.3. The maximum absolute atomic E-state index is 13.3. The van der Waals surface area contributed by atoms with Crippen molar-refractivity contribution in [1.29, 1.82) is 5.26 Å². The molecule has 1 fully saturated rings. The van der Waals surface area contributed by atoms with Crippen molar-refractivity contribution in [3.63, 3.8) is 0 Å². The van der Waals surface area contributed by atoms with E-state index in [1.54, 1.807) is 7.11 Å². The summed E-state index contributed by atoms with van der Waals surface area (Å²) in [5, 5.41) is 9.87. The van der Waals surface area contributed by atoms with Gasteiger partial charge in [-0.05, 0) is 42.7 Å². The summed E-state index contributed by atoms with van der Waals surface area (Å²) in [7, 11) is 5.34. The molecule has 2 aromatic rings. The van der Waals surface area contributed by atoms with E-state index in [9.17, 15) is 14.9 Å². The summed E-state index contributed by atoms with van der Waals surface area (Å²) in [5.41, 5.74) is 3.04. The number of carbonyl (C=O) groups excluding carboxylic acids is 2. The van der Waals surface area contributed by atoms with Crippen LogP contribution >= 0.6 is 0 Å². The number of carbonyl (C=O) groups is 2. The zero-order valence-corrected chi connectivity index (χ0v) is 20.7. The standard InChI is InChI=1S/C28H32N4O3/c1-30-24-10-6-7-11-25(24)31(2)28(30)22(19-29)26(33)16-17-27(34)32-18-8-4-5-9-23(32)20-12-14-21(35-3)15-13-20/h6-7,10-15,23H,4-5,8-9,16-18H2,1-3H3.